The Hall–Kier alpha value is -4.15. The summed E-state index contributed by atoms with van der Waals surface area (Å²) in [5.41, 5.74) is 5.51. The second-order valence-electron chi connectivity index (χ2n) is 6.74. The van der Waals surface area contributed by atoms with Gasteiger partial charge in [-0.3, -0.25) is 9.59 Å². The van der Waals surface area contributed by atoms with Gasteiger partial charge in [0.25, 0.3) is 5.91 Å². The van der Waals surface area contributed by atoms with Gasteiger partial charge in [-0.1, -0.05) is 23.7 Å². The third-order valence-electron chi connectivity index (χ3n) is 4.29. The molecule has 3 aromatic carbocycles. The van der Waals surface area contributed by atoms with Gasteiger partial charge in [-0.2, -0.15) is 10.4 Å². The number of ether oxygens (including phenoxy) is 1. The highest BCUT2D eigenvalue weighted by molar-refractivity contribution is 6.30. The van der Waals surface area contributed by atoms with Gasteiger partial charge in [0.15, 0.2) is 0 Å². The number of halogens is 1. The summed E-state index contributed by atoms with van der Waals surface area (Å²) in [5, 5.41) is 16.0. The quantitative estimate of drug-likeness (QED) is 0.411. The Balaban J connectivity index is 1.64. The Morgan fingerprint density at radius 2 is 1.81 bits per heavy atom. The number of hydrazone groups is 1. The van der Waals surface area contributed by atoms with Crippen LogP contribution in [-0.2, 0) is 11.4 Å². The van der Waals surface area contributed by atoms with Crippen molar-refractivity contribution in [2.24, 2.45) is 5.10 Å². The minimum absolute atomic E-state index is 0.189. The topological polar surface area (TPSA) is 104 Å². The zero-order valence-corrected chi connectivity index (χ0v) is 17.9. The molecule has 0 unspecified atom stereocenters. The first kappa shape index (κ1) is 22.5. The van der Waals surface area contributed by atoms with E-state index in [0.717, 1.165) is 5.56 Å². The second-order valence-corrected chi connectivity index (χ2v) is 7.17. The first-order valence-electron chi connectivity index (χ1n) is 9.57. The highest BCUT2D eigenvalue weighted by Gasteiger charge is 2.07. The molecule has 2 N–H and O–H groups in total. The fraction of sp³-hybridized carbons (Fsp3) is 0.0833. The molecule has 0 heterocycles. The van der Waals surface area contributed by atoms with Crippen molar-refractivity contribution < 1.29 is 14.3 Å². The molecule has 2 amide bonds. The number of hydrogen-bond donors (Lipinski definition) is 2. The summed E-state index contributed by atoms with van der Waals surface area (Å²) in [6, 6.07) is 20.7. The van der Waals surface area contributed by atoms with Crippen molar-refractivity contribution in [3.8, 4) is 11.8 Å². The van der Waals surface area contributed by atoms with Crippen molar-refractivity contribution in [3.63, 3.8) is 0 Å². The van der Waals surface area contributed by atoms with E-state index in [-0.39, 0.29) is 5.91 Å². The molecule has 3 rings (SSSR count). The molecule has 0 aliphatic heterocycles. The number of nitrogens with zero attached hydrogens (tertiary/aromatic N) is 2. The number of anilines is 1. The van der Waals surface area contributed by atoms with E-state index in [1.807, 2.05) is 12.1 Å². The van der Waals surface area contributed by atoms with E-state index in [2.05, 4.69) is 21.9 Å². The van der Waals surface area contributed by atoms with E-state index in [4.69, 9.17) is 21.6 Å². The molecule has 0 aliphatic carbocycles. The van der Waals surface area contributed by atoms with Crippen molar-refractivity contribution >= 4 is 35.3 Å². The molecule has 0 saturated carbocycles. The number of benzene rings is 3. The second kappa shape index (κ2) is 10.8. The van der Waals surface area contributed by atoms with Crippen LogP contribution < -0.4 is 15.5 Å². The summed E-state index contributed by atoms with van der Waals surface area (Å²) in [6.07, 6.45) is 1.45. The van der Waals surface area contributed by atoms with Crippen LogP contribution in [0, 0.1) is 11.3 Å². The summed E-state index contributed by atoms with van der Waals surface area (Å²) in [5.74, 6) is -0.0559. The fourth-order valence-electron chi connectivity index (χ4n) is 2.72. The molecule has 0 saturated heterocycles. The maximum absolute atomic E-state index is 12.3. The summed E-state index contributed by atoms with van der Waals surface area (Å²) >= 11 is 6.09. The van der Waals surface area contributed by atoms with Gasteiger partial charge in [0.2, 0.25) is 5.91 Å². The van der Waals surface area contributed by atoms with Crippen LogP contribution in [0.15, 0.2) is 71.8 Å². The molecule has 0 radical (unpaired) electrons. The van der Waals surface area contributed by atoms with Gasteiger partial charge in [0.1, 0.15) is 12.4 Å². The Morgan fingerprint density at radius 1 is 1.09 bits per heavy atom. The molecular formula is C24H19ClN4O3. The molecule has 0 aliphatic rings. The Bertz CT molecular complexity index is 1180. The maximum Gasteiger partial charge on any atom is 0.271 e. The number of amides is 2. The lowest BCUT2D eigenvalue weighted by Crippen LogP contribution is -2.17. The number of carbonyl (C=O) groups is 2. The van der Waals surface area contributed by atoms with Crippen LogP contribution in [0.4, 0.5) is 5.69 Å². The fourth-order valence-corrected chi connectivity index (χ4v) is 2.90. The van der Waals surface area contributed by atoms with Crippen LogP contribution in [0.25, 0.3) is 0 Å². The van der Waals surface area contributed by atoms with Crippen molar-refractivity contribution in [2.45, 2.75) is 13.5 Å². The minimum atomic E-state index is -0.405. The van der Waals surface area contributed by atoms with E-state index >= 15 is 0 Å². The van der Waals surface area contributed by atoms with Crippen LogP contribution in [0.2, 0.25) is 5.02 Å². The number of nitriles is 1. The molecule has 7 nitrogen and oxygen atoms in total. The number of nitrogens with one attached hydrogen (secondary N) is 2. The molecule has 0 spiro atoms. The molecule has 8 heteroatoms. The monoisotopic (exact) mass is 446 g/mol. The third-order valence-corrected chi connectivity index (χ3v) is 4.52. The summed E-state index contributed by atoms with van der Waals surface area (Å²) < 4.78 is 5.86. The van der Waals surface area contributed by atoms with E-state index in [0.29, 0.717) is 39.8 Å². The average Bonchev–Trinajstić information content (AvgIpc) is 2.79. The van der Waals surface area contributed by atoms with E-state index in [1.54, 1.807) is 54.6 Å². The van der Waals surface area contributed by atoms with Gasteiger partial charge >= 0.3 is 0 Å². The minimum Gasteiger partial charge on any atom is -0.488 e. The first-order valence-corrected chi connectivity index (χ1v) is 9.95. The smallest absolute Gasteiger partial charge is 0.271 e. The predicted octanol–water partition coefficient (Wildman–Crippen LogP) is 4.51. The van der Waals surface area contributed by atoms with Crippen molar-refractivity contribution in [1.29, 1.82) is 5.26 Å². The molecule has 32 heavy (non-hydrogen) atoms. The Morgan fingerprint density at radius 3 is 2.47 bits per heavy atom. The van der Waals surface area contributed by atoms with Crippen molar-refractivity contribution in [2.75, 3.05) is 5.32 Å². The Labute approximate surface area is 190 Å². The number of hydrogen-bond acceptors (Lipinski definition) is 5. The number of carbonyl (C=O) groups excluding carboxylic acids is 2. The van der Waals surface area contributed by atoms with Crippen LogP contribution in [0.5, 0.6) is 5.75 Å². The van der Waals surface area contributed by atoms with Gasteiger partial charge in [0, 0.05) is 28.8 Å². The Kier molecular flexibility index (Phi) is 7.57. The molecule has 0 atom stereocenters. The molecule has 0 aromatic heterocycles. The molecule has 0 fully saturated rings. The highest BCUT2D eigenvalue weighted by Crippen LogP contribution is 2.22. The molecule has 3 aromatic rings. The predicted molar refractivity (Wildman–Crippen MR) is 123 cm³/mol. The normalized spacial score (nSPS) is 10.4. The largest absolute Gasteiger partial charge is 0.488 e. The SMILES string of the molecule is CC(=O)Nc1ccc(C(=O)NN=Cc2cc(Cl)ccc2OCc2ccc(C#N)cc2)cc1. The van der Waals surface area contributed by atoms with Crippen molar-refractivity contribution in [1.82, 2.24) is 5.43 Å². The van der Waals surface area contributed by atoms with Gasteiger partial charge in [-0.25, -0.2) is 5.43 Å². The standard InChI is InChI=1S/C24H19ClN4O3/c1-16(30)28-22-9-6-19(7-10-22)24(31)29-27-14-20-12-21(25)8-11-23(20)32-15-18-4-2-17(13-26)3-5-18/h2-12,14H,15H2,1H3,(H,28,30)(H,29,31). The van der Waals surface area contributed by atoms with Gasteiger partial charge in [-0.05, 0) is 60.2 Å². The summed E-state index contributed by atoms with van der Waals surface area (Å²) in [7, 11) is 0. The van der Waals surface area contributed by atoms with Gasteiger partial charge in [-0.15, -0.1) is 0 Å². The molecule has 160 valence electrons. The van der Waals surface area contributed by atoms with E-state index < -0.39 is 5.91 Å². The molecule has 0 bridgehead atoms. The maximum atomic E-state index is 12.3. The van der Waals surface area contributed by atoms with Crippen LogP contribution in [0.1, 0.15) is 34.0 Å². The zero-order chi connectivity index (χ0) is 22.9. The summed E-state index contributed by atoms with van der Waals surface area (Å²) in [4.78, 5) is 23.4. The van der Waals surface area contributed by atoms with Crippen LogP contribution >= 0.6 is 11.6 Å². The van der Waals surface area contributed by atoms with Gasteiger partial charge < -0.3 is 10.1 Å². The van der Waals surface area contributed by atoms with Gasteiger partial charge in [0.05, 0.1) is 17.8 Å². The van der Waals surface area contributed by atoms with Crippen LogP contribution in [-0.4, -0.2) is 18.0 Å². The summed E-state index contributed by atoms with van der Waals surface area (Å²) in [6.45, 7) is 1.70. The highest BCUT2D eigenvalue weighted by atomic mass is 35.5. The third kappa shape index (κ3) is 6.42. The van der Waals surface area contributed by atoms with Crippen LogP contribution in [0.3, 0.4) is 0 Å². The lowest BCUT2D eigenvalue weighted by Gasteiger charge is -2.10. The number of rotatable bonds is 7. The lowest BCUT2D eigenvalue weighted by atomic mass is 10.1. The lowest BCUT2D eigenvalue weighted by molar-refractivity contribution is -0.114. The van der Waals surface area contributed by atoms with E-state index in [1.165, 1.54) is 13.1 Å². The van der Waals surface area contributed by atoms with E-state index in [9.17, 15) is 9.59 Å². The molecular weight excluding hydrogens is 428 g/mol. The zero-order valence-electron chi connectivity index (χ0n) is 17.1. The van der Waals surface area contributed by atoms with Crippen molar-refractivity contribution in [3.05, 3.63) is 94.0 Å². The average molecular weight is 447 g/mol. The first-order chi connectivity index (χ1) is 15.4.